The average Bonchev–Trinajstić information content (AvgIpc) is 3.07. The third kappa shape index (κ3) is 3.53. The van der Waals surface area contributed by atoms with E-state index in [1.54, 1.807) is 0 Å². The number of ether oxygens (including phenoxy) is 1. The zero-order valence-corrected chi connectivity index (χ0v) is 13.1. The standard InChI is InChI=1S/C17H25NO2/c1-12(2)13-6-8-14(9-7-13)17(10-11-17)18-15(19)20-16(3,4)5/h6-9,12H,10-11H2,1-5H3,(H,18,19). The first-order valence-electron chi connectivity index (χ1n) is 7.33. The van der Waals surface area contributed by atoms with Crippen LogP contribution in [0.25, 0.3) is 0 Å². The predicted octanol–water partition coefficient (Wildman–Crippen LogP) is 4.32. The van der Waals surface area contributed by atoms with Crippen molar-refractivity contribution in [1.82, 2.24) is 5.32 Å². The molecule has 1 aliphatic carbocycles. The van der Waals surface area contributed by atoms with Crippen LogP contribution in [0.4, 0.5) is 4.79 Å². The van der Waals surface area contributed by atoms with Crippen molar-refractivity contribution in [3.05, 3.63) is 35.4 Å². The van der Waals surface area contributed by atoms with E-state index in [0.717, 1.165) is 12.8 Å². The Kier molecular flexibility index (Phi) is 3.81. The van der Waals surface area contributed by atoms with Crippen molar-refractivity contribution in [3.8, 4) is 0 Å². The number of amides is 1. The molecule has 110 valence electrons. The van der Waals surface area contributed by atoms with E-state index in [9.17, 15) is 4.79 Å². The summed E-state index contributed by atoms with van der Waals surface area (Å²) in [6.07, 6.45) is 1.63. The summed E-state index contributed by atoms with van der Waals surface area (Å²) in [5.41, 5.74) is 1.83. The lowest BCUT2D eigenvalue weighted by Crippen LogP contribution is -2.39. The summed E-state index contributed by atoms with van der Waals surface area (Å²) in [5, 5.41) is 3.03. The van der Waals surface area contributed by atoms with Gasteiger partial charge in [-0.05, 0) is 50.7 Å². The molecule has 0 radical (unpaired) electrons. The molecular formula is C17H25NO2. The molecule has 0 heterocycles. The fraction of sp³-hybridized carbons (Fsp3) is 0.588. The van der Waals surface area contributed by atoms with E-state index in [2.05, 4.69) is 43.4 Å². The van der Waals surface area contributed by atoms with Gasteiger partial charge in [-0.2, -0.15) is 0 Å². The molecule has 2 rings (SSSR count). The summed E-state index contributed by atoms with van der Waals surface area (Å²) < 4.78 is 5.35. The fourth-order valence-electron chi connectivity index (χ4n) is 2.30. The maximum absolute atomic E-state index is 11.9. The number of benzene rings is 1. The molecule has 3 nitrogen and oxygen atoms in total. The number of carbonyl (C=O) groups is 1. The molecule has 1 aromatic rings. The summed E-state index contributed by atoms with van der Waals surface area (Å²) in [4.78, 5) is 11.9. The molecule has 0 spiro atoms. The Labute approximate surface area is 121 Å². The molecule has 0 saturated heterocycles. The average molecular weight is 275 g/mol. The molecule has 3 heteroatoms. The third-order valence-electron chi connectivity index (χ3n) is 3.62. The van der Waals surface area contributed by atoms with E-state index >= 15 is 0 Å². The summed E-state index contributed by atoms with van der Waals surface area (Å²) in [5.74, 6) is 0.526. The molecule has 0 atom stereocenters. The van der Waals surface area contributed by atoms with Gasteiger partial charge in [0, 0.05) is 0 Å². The van der Waals surface area contributed by atoms with Crippen molar-refractivity contribution in [2.24, 2.45) is 0 Å². The number of hydrogen-bond acceptors (Lipinski definition) is 2. The Morgan fingerprint density at radius 3 is 2.15 bits per heavy atom. The van der Waals surface area contributed by atoms with E-state index in [-0.39, 0.29) is 11.6 Å². The summed E-state index contributed by atoms with van der Waals surface area (Å²) in [7, 11) is 0. The van der Waals surface area contributed by atoms with Crippen LogP contribution in [0, 0.1) is 0 Å². The van der Waals surface area contributed by atoms with Crippen LogP contribution in [-0.4, -0.2) is 11.7 Å². The van der Waals surface area contributed by atoms with Crippen LogP contribution >= 0.6 is 0 Å². The van der Waals surface area contributed by atoms with Crippen LogP contribution in [0.1, 0.15) is 64.5 Å². The molecule has 0 unspecified atom stereocenters. The number of rotatable bonds is 3. The highest BCUT2D eigenvalue weighted by Crippen LogP contribution is 2.45. The SMILES string of the molecule is CC(C)c1ccc(C2(NC(=O)OC(C)(C)C)CC2)cc1. The van der Waals surface area contributed by atoms with Crippen molar-refractivity contribution < 1.29 is 9.53 Å². The molecule has 0 bridgehead atoms. The van der Waals surface area contributed by atoms with Crippen molar-refractivity contribution in [1.29, 1.82) is 0 Å². The van der Waals surface area contributed by atoms with Crippen molar-refractivity contribution in [2.75, 3.05) is 0 Å². The molecular weight excluding hydrogens is 250 g/mol. The number of nitrogens with one attached hydrogen (secondary N) is 1. The number of alkyl carbamates (subject to hydrolysis) is 1. The highest BCUT2D eigenvalue weighted by atomic mass is 16.6. The monoisotopic (exact) mass is 275 g/mol. The van der Waals surface area contributed by atoms with Crippen molar-refractivity contribution in [3.63, 3.8) is 0 Å². The lowest BCUT2D eigenvalue weighted by atomic mass is 9.98. The highest BCUT2D eigenvalue weighted by molar-refractivity contribution is 5.70. The van der Waals surface area contributed by atoms with Gasteiger partial charge in [0.25, 0.3) is 0 Å². The van der Waals surface area contributed by atoms with Crippen LogP contribution < -0.4 is 5.32 Å². The largest absolute Gasteiger partial charge is 0.444 e. The summed E-state index contributed by atoms with van der Waals surface area (Å²) >= 11 is 0. The van der Waals surface area contributed by atoms with Crippen LogP contribution in [0.3, 0.4) is 0 Å². The first-order chi connectivity index (χ1) is 9.22. The number of hydrogen-bond donors (Lipinski definition) is 1. The smallest absolute Gasteiger partial charge is 0.408 e. The maximum Gasteiger partial charge on any atom is 0.408 e. The van der Waals surface area contributed by atoms with E-state index in [1.165, 1.54) is 11.1 Å². The van der Waals surface area contributed by atoms with E-state index < -0.39 is 5.60 Å². The molecule has 0 aromatic heterocycles. The highest BCUT2D eigenvalue weighted by Gasteiger charge is 2.46. The van der Waals surface area contributed by atoms with E-state index in [0.29, 0.717) is 5.92 Å². The summed E-state index contributed by atoms with van der Waals surface area (Å²) in [6, 6.07) is 8.55. The minimum Gasteiger partial charge on any atom is -0.444 e. The van der Waals surface area contributed by atoms with Gasteiger partial charge in [0.2, 0.25) is 0 Å². The third-order valence-corrected chi connectivity index (χ3v) is 3.62. The van der Waals surface area contributed by atoms with Gasteiger partial charge in [-0.15, -0.1) is 0 Å². The maximum atomic E-state index is 11.9. The lowest BCUT2D eigenvalue weighted by Gasteiger charge is -2.24. The molecule has 1 fully saturated rings. The minimum atomic E-state index is -0.457. The Morgan fingerprint density at radius 1 is 1.20 bits per heavy atom. The van der Waals surface area contributed by atoms with Gasteiger partial charge in [0.05, 0.1) is 5.54 Å². The molecule has 1 aromatic carbocycles. The zero-order chi connectivity index (χ0) is 15.0. The molecule has 1 aliphatic rings. The quantitative estimate of drug-likeness (QED) is 0.892. The number of carbonyl (C=O) groups excluding carboxylic acids is 1. The molecule has 1 amide bonds. The second kappa shape index (κ2) is 5.12. The fourth-order valence-corrected chi connectivity index (χ4v) is 2.30. The topological polar surface area (TPSA) is 38.3 Å². The van der Waals surface area contributed by atoms with Gasteiger partial charge in [0.1, 0.15) is 5.60 Å². The Balaban J connectivity index is 2.06. The van der Waals surface area contributed by atoms with E-state index in [4.69, 9.17) is 4.74 Å². The van der Waals surface area contributed by atoms with Crippen LogP contribution in [0.2, 0.25) is 0 Å². The van der Waals surface area contributed by atoms with Gasteiger partial charge in [-0.3, -0.25) is 0 Å². The second-order valence-electron chi connectivity index (χ2n) is 6.99. The molecule has 1 saturated carbocycles. The normalized spacial score (nSPS) is 16.9. The van der Waals surface area contributed by atoms with Gasteiger partial charge in [-0.1, -0.05) is 38.1 Å². The van der Waals surface area contributed by atoms with Gasteiger partial charge < -0.3 is 10.1 Å². The van der Waals surface area contributed by atoms with Crippen LogP contribution in [-0.2, 0) is 10.3 Å². The Hall–Kier alpha value is -1.51. The molecule has 1 N–H and O–H groups in total. The summed E-state index contributed by atoms with van der Waals surface area (Å²) in [6.45, 7) is 10.00. The van der Waals surface area contributed by atoms with E-state index in [1.807, 2.05) is 20.8 Å². The molecule has 0 aliphatic heterocycles. The van der Waals surface area contributed by atoms with Gasteiger partial charge in [-0.25, -0.2) is 4.79 Å². The molecule has 20 heavy (non-hydrogen) atoms. The first-order valence-corrected chi connectivity index (χ1v) is 7.33. The van der Waals surface area contributed by atoms with Crippen LogP contribution in [0.15, 0.2) is 24.3 Å². The Bertz CT molecular complexity index is 479. The van der Waals surface area contributed by atoms with Gasteiger partial charge in [0.15, 0.2) is 0 Å². The lowest BCUT2D eigenvalue weighted by molar-refractivity contribution is 0.0495. The second-order valence-corrected chi connectivity index (χ2v) is 6.99. The Morgan fingerprint density at radius 2 is 1.75 bits per heavy atom. The minimum absolute atomic E-state index is 0.210. The first kappa shape index (κ1) is 14.9. The van der Waals surface area contributed by atoms with Crippen molar-refractivity contribution >= 4 is 6.09 Å². The van der Waals surface area contributed by atoms with Gasteiger partial charge >= 0.3 is 6.09 Å². The zero-order valence-electron chi connectivity index (χ0n) is 13.1. The van der Waals surface area contributed by atoms with Crippen LogP contribution in [0.5, 0.6) is 0 Å². The van der Waals surface area contributed by atoms with Crippen molar-refractivity contribution in [2.45, 2.75) is 64.5 Å². The predicted molar refractivity (Wildman–Crippen MR) is 80.8 cm³/mol.